The summed E-state index contributed by atoms with van der Waals surface area (Å²) in [6.45, 7) is 2.46. The van der Waals surface area contributed by atoms with Crippen molar-refractivity contribution in [2.75, 3.05) is 0 Å². The van der Waals surface area contributed by atoms with Crippen molar-refractivity contribution in [1.29, 1.82) is 0 Å². The number of carbonyl (C=O) groups is 1. The summed E-state index contributed by atoms with van der Waals surface area (Å²) in [6, 6.07) is 0.217. The lowest BCUT2D eigenvalue weighted by Gasteiger charge is -2.28. The minimum absolute atomic E-state index is 0.00609. The Morgan fingerprint density at radius 2 is 2.36 bits per heavy atom. The minimum Gasteiger partial charge on any atom is -0.353 e. The summed E-state index contributed by atoms with van der Waals surface area (Å²) in [6.07, 6.45) is 8.11. The van der Waals surface area contributed by atoms with Gasteiger partial charge in [0.1, 0.15) is 12.4 Å². The molecule has 2 fully saturated rings. The first-order valence-electron chi connectivity index (χ1n) is 7.99. The molecule has 120 valence electrons. The van der Waals surface area contributed by atoms with Crippen LogP contribution in [0.15, 0.2) is 12.4 Å². The molecule has 2 aliphatic carbocycles. The van der Waals surface area contributed by atoms with Crippen molar-refractivity contribution in [3.05, 3.63) is 22.5 Å². The molecule has 2 bridgehead atoms. The summed E-state index contributed by atoms with van der Waals surface area (Å²) in [5.74, 6) is 2.27. The molecule has 22 heavy (non-hydrogen) atoms. The standard InChI is InChI=1S/C15H22N4O3/c1-10(14-7-11-2-3-12(14)6-11)17-15(20)4-5-18-9-13(8-16-18)19(21)22/h8-12,14H,2-7H2,1H3,(H,17,20)/t10-,11-,12-,14-/m0/s1. The van der Waals surface area contributed by atoms with Crippen molar-refractivity contribution in [1.82, 2.24) is 15.1 Å². The summed E-state index contributed by atoms with van der Waals surface area (Å²) >= 11 is 0. The maximum Gasteiger partial charge on any atom is 0.306 e. The number of fused-ring (bicyclic) bond motifs is 2. The van der Waals surface area contributed by atoms with Gasteiger partial charge in [-0.3, -0.25) is 19.6 Å². The van der Waals surface area contributed by atoms with Crippen molar-refractivity contribution in [3.63, 3.8) is 0 Å². The highest BCUT2D eigenvalue weighted by Crippen LogP contribution is 2.49. The van der Waals surface area contributed by atoms with Crippen LogP contribution in [0.3, 0.4) is 0 Å². The monoisotopic (exact) mass is 306 g/mol. The van der Waals surface area contributed by atoms with Crippen molar-refractivity contribution in [3.8, 4) is 0 Å². The lowest BCUT2D eigenvalue weighted by molar-refractivity contribution is -0.385. The van der Waals surface area contributed by atoms with Gasteiger partial charge in [0.2, 0.25) is 5.91 Å². The van der Waals surface area contributed by atoms with E-state index < -0.39 is 4.92 Å². The van der Waals surface area contributed by atoms with Gasteiger partial charge < -0.3 is 5.32 Å². The first-order valence-corrected chi connectivity index (χ1v) is 7.99. The third kappa shape index (κ3) is 3.13. The van der Waals surface area contributed by atoms with Crippen LogP contribution in [0.2, 0.25) is 0 Å². The zero-order chi connectivity index (χ0) is 15.7. The van der Waals surface area contributed by atoms with Crippen LogP contribution in [0.25, 0.3) is 0 Å². The smallest absolute Gasteiger partial charge is 0.306 e. The number of rotatable bonds is 6. The lowest BCUT2D eigenvalue weighted by atomic mass is 9.84. The topological polar surface area (TPSA) is 90.1 Å². The molecular formula is C15H22N4O3. The maximum atomic E-state index is 12.0. The van der Waals surface area contributed by atoms with Crippen molar-refractivity contribution in [2.45, 2.75) is 51.6 Å². The molecule has 0 spiro atoms. The molecule has 0 aliphatic heterocycles. The number of hydrogen-bond donors (Lipinski definition) is 1. The Bertz CT molecular complexity index is 571. The molecule has 4 atom stereocenters. The summed E-state index contributed by atoms with van der Waals surface area (Å²) in [7, 11) is 0. The van der Waals surface area contributed by atoms with Crippen LogP contribution in [-0.4, -0.2) is 26.7 Å². The second kappa shape index (κ2) is 6.06. The SMILES string of the molecule is C[C@H](NC(=O)CCn1cc([N+](=O)[O-])cn1)[C@@H]1C[C@H]2CC[C@H]1C2. The lowest BCUT2D eigenvalue weighted by Crippen LogP contribution is -2.40. The van der Waals surface area contributed by atoms with Crippen LogP contribution < -0.4 is 5.32 Å². The first kappa shape index (κ1) is 15.0. The molecule has 2 aliphatic rings. The molecule has 0 aromatic carbocycles. The van der Waals surface area contributed by atoms with Crippen LogP contribution in [0, 0.1) is 27.9 Å². The van der Waals surface area contributed by atoms with E-state index in [2.05, 4.69) is 17.3 Å². The molecule has 7 heteroatoms. The van der Waals surface area contributed by atoms with Gasteiger partial charge in [0.15, 0.2) is 0 Å². The molecule has 1 aromatic heterocycles. The van der Waals surface area contributed by atoms with Gasteiger partial charge in [0.25, 0.3) is 0 Å². The second-order valence-electron chi connectivity index (χ2n) is 6.66. The van der Waals surface area contributed by atoms with E-state index in [1.807, 2.05) is 0 Å². The molecule has 0 saturated heterocycles. The summed E-state index contributed by atoms with van der Waals surface area (Å²) in [5.41, 5.74) is -0.0456. The summed E-state index contributed by atoms with van der Waals surface area (Å²) in [5, 5.41) is 17.6. The van der Waals surface area contributed by atoms with Gasteiger partial charge in [-0.2, -0.15) is 5.10 Å². The summed E-state index contributed by atoms with van der Waals surface area (Å²) < 4.78 is 1.44. The van der Waals surface area contributed by atoms with Crippen LogP contribution in [-0.2, 0) is 11.3 Å². The number of aryl methyl sites for hydroxylation is 1. The maximum absolute atomic E-state index is 12.0. The van der Waals surface area contributed by atoms with Crippen LogP contribution in [0.1, 0.15) is 39.0 Å². The molecule has 2 saturated carbocycles. The number of amides is 1. The number of nitrogens with one attached hydrogen (secondary N) is 1. The Morgan fingerprint density at radius 1 is 1.55 bits per heavy atom. The Labute approximate surface area is 129 Å². The first-order chi connectivity index (χ1) is 10.5. The van der Waals surface area contributed by atoms with E-state index in [1.165, 1.54) is 42.8 Å². The number of nitro groups is 1. The Morgan fingerprint density at radius 3 is 2.95 bits per heavy atom. The zero-order valence-corrected chi connectivity index (χ0v) is 12.8. The van der Waals surface area contributed by atoms with Crippen LogP contribution in [0.5, 0.6) is 0 Å². The number of nitrogens with zero attached hydrogens (tertiary/aromatic N) is 3. The number of hydrogen-bond acceptors (Lipinski definition) is 4. The number of aromatic nitrogens is 2. The van der Waals surface area contributed by atoms with Gasteiger partial charge in [0.05, 0.1) is 4.92 Å². The van der Waals surface area contributed by atoms with Gasteiger partial charge in [-0.25, -0.2) is 0 Å². The van der Waals surface area contributed by atoms with Gasteiger partial charge in [-0.05, 0) is 43.9 Å². The van der Waals surface area contributed by atoms with Crippen LogP contribution >= 0.6 is 0 Å². The van der Waals surface area contributed by atoms with Gasteiger partial charge in [0, 0.05) is 19.0 Å². The van der Waals surface area contributed by atoms with E-state index in [1.54, 1.807) is 0 Å². The molecule has 7 nitrogen and oxygen atoms in total. The number of carbonyl (C=O) groups excluding carboxylic acids is 1. The van der Waals surface area contributed by atoms with Crippen LogP contribution in [0.4, 0.5) is 5.69 Å². The Kier molecular flexibility index (Phi) is 4.13. The van der Waals surface area contributed by atoms with E-state index in [0.29, 0.717) is 18.9 Å². The highest BCUT2D eigenvalue weighted by Gasteiger charge is 2.42. The van der Waals surface area contributed by atoms with Crippen molar-refractivity contribution in [2.24, 2.45) is 17.8 Å². The highest BCUT2D eigenvalue weighted by molar-refractivity contribution is 5.76. The van der Waals surface area contributed by atoms with Crippen molar-refractivity contribution >= 4 is 11.6 Å². The molecule has 1 amide bonds. The molecule has 1 N–H and O–H groups in total. The normalized spacial score (nSPS) is 27.8. The zero-order valence-electron chi connectivity index (χ0n) is 12.8. The van der Waals surface area contributed by atoms with E-state index in [0.717, 1.165) is 11.8 Å². The fraction of sp³-hybridized carbons (Fsp3) is 0.733. The third-order valence-corrected chi connectivity index (χ3v) is 5.22. The highest BCUT2D eigenvalue weighted by atomic mass is 16.6. The second-order valence-corrected chi connectivity index (χ2v) is 6.66. The quantitative estimate of drug-likeness (QED) is 0.644. The average Bonchev–Trinajstić information content (AvgIpc) is 3.20. The fourth-order valence-corrected chi connectivity index (χ4v) is 4.12. The van der Waals surface area contributed by atoms with Gasteiger partial charge in [-0.15, -0.1) is 0 Å². The predicted molar refractivity (Wildman–Crippen MR) is 80.0 cm³/mol. The summed E-state index contributed by atoms with van der Waals surface area (Å²) in [4.78, 5) is 22.1. The average molecular weight is 306 g/mol. The van der Waals surface area contributed by atoms with Gasteiger partial charge >= 0.3 is 5.69 Å². The largest absolute Gasteiger partial charge is 0.353 e. The minimum atomic E-state index is -0.485. The molecule has 1 aromatic rings. The van der Waals surface area contributed by atoms with Crippen molar-refractivity contribution < 1.29 is 9.72 Å². The molecule has 0 unspecified atom stereocenters. The molecule has 1 heterocycles. The molecular weight excluding hydrogens is 284 g/mol. The third-order valence-electron chi connectivity index (χ3n) is 5.22. The molecule has 0 radical (unpaired) electrons. The Hall–Kier alpha value is -1.92. The van der Waals surface area contributed by atoms with E-state index >= 15 is 0 Å². The fourth-order valence-electron chi connectivity index (χ4n) is 4.12. The molecule has 3 rings (SSSR count). The van der Waals surface area contributed by atoms with E-state index in [4.69, 9.17) is 0 Å². The predicted octanol–water partition coefficient (Wildman–Crippen LogP) is 2.12. The van der Waals surface area contributed by atoms with E-state index in [-0.39, 0.29) is 17.6 Å². The van der Waals surface area contributed by atoms with E-state index in [9.17, 15) is 14.9 Å². The van der Waals surface area contributed by atoms with Gasteiger partial charge in [-0.1, -0.05) is 6.42 Å². The Balaban J connectivity index is 1.45.